The molecule has 0 amide bonds. The topological polar surface area (TPSA) is 60.0 Å². The Balaban J connectivity index is 1.87. The van der Waals surface area contributed by atoms with Crippen molar-refractivity contribution in [3.63, 3.8) is 0 Å². The quantitative estimate of drug-likeness (QED) is 0.434. The van der Waals surface area contributed by atoms with Crippen LogP contribution in [0.1, 0.15) is 41.2 Å². The smallest absolute Gasteiger partial charge is 0.170 e. The molecule has 0 aliphatic carbocycles. The number of rotatable bonds is 6. The van der Waals surface area contributed by atoms with E-state index < -0.39 is 0 Å². The third-order valence-corrected chi connectivity index (χ3v) is 4.30. The average molecular weight is 382 g/mol. The van der Waals surface area contributed by atoms with E-state index in [1.165, 1.54) is 0 Å². The van der Waals surface area contributed by atoms with Crippen LogP contribution in [0.4, 0.5) is 0 Å². The number of benzene rings is 2. The van der Waals surface area contributed by atoms with E-state index in [-0.39, 0.29) is 6.10 Å². The summed E-state index contributed by atoms with van der Waals surface area (Å²) in [4.78, 5) is 0. The number of halogens is 1. The lowest BCUT2D eigenvalue weighted by Crippen LogP contribution is -2.06. The van der Waals surface area contributed by atoms with Crippen molar-refractivity contribution < 1.29 is 9.26 Å². The second-order valence-corrected chi connectivity index (χ2v) is 6.49. The van der Waals surface area contributed by atoms with Crippen molar-refractivity contribution in [3.8, 4) is 0 Å². The Labute approximate surface area is 163 Å². The number of aromatic nitrogens is 1. The van der Waals surface area contributed by atoms with E-state index in [4.69, 9.17) is 20.9 Å². The normalized spacial score (nSPS) is 13.3. The highest BCUT2D eigenvalue weighted by molar-refractivity contribution is 6.31. The Morgan fingerprint density at radius 3 is 2.70 bits per heavy atom. The molecule has 0 saturated carbocycles. The standard InChI is InChI=1S/C21H20ClN3O2/c1-14-11-20(27-25-14)21(26-3)19-10-5-4-7-17(19)13-23-24-15(2)16-8-6-9-18(22)12-16/h4-13,21H,1-3H3/b23-13+,24-15+. The van der Waals surface area contributed by atoms with Crippen molar-refractivity contribution in [3.05, 3.63) is 87.8 Å². The van der Waals surface area contributed by atoms with Crippen molar-refractivity contribution in [2.24, 2.45) is 10.2 Å². The zero-order valence-corrected chi connectivity index (χ0v) is 16.1. The van der Waals surface area contributed by atoms with Crippen molar-refractivity contribution in [2.75, 3.05) is 7.11 Å². The van der Waals surface area contributed by atoms with Gasteiger partial charge in [0.25, 0.3) is 0 Å². The molecule has 0 saturated heterocycles. The number of ether oxygens (including phenoxy) is 1. The first-order valence-electron chi connectivity index (χ1n) is 8.47. The molecule has 1 atom stereocenters. The second kappa shape index (κ2) is 8.75. The summed E-state index contributed by atoms with van der Waals surface area (Å²) >= 11 is 6.03. The van der Waals surface area contributed by atoms with Gasteiger partial charge in [-0.25, -0.2) is 0 Å². The molecule has 5 nitrogen and oxygen atoms in total. The van der Waals surface area contributed by atoms with Crippen molar-refractivity contribution in [1.82, 2.24) is 5.16 Å². The van der Waals surface area contributed by atoms with Gasteiger partial charge >= 0.3 is 0 Å². The van der Waals surface area contributed by atoms with E-state index in [1.54, 1.807) is 13.3 Å². The van der Waals surface area contributed by atoms with E-state index in [0.29, 0.717) is 10.8 Å². The van der Waals surface area contributed by atoms with Crippen LogP contribution in [0.2, 0.25) is 5.02 Å². The van der Waals surface area contributed by atoms with Gasteiger partial charge < -0.3 is 9.26 Å². The van der Waals surface area contributed by atoms with Crippen LogP contribution < -0.4 is 0 Å². The van der Waals surface area contributed by atoms with Crippen LogP contribution in [-0.2, 0) is 4.74 Å². The predicted octanol–water partition coefficient (Wildman–Crippen LogP) is 5.22. The molecule has 1 aromatic heterocycles. The van der Waals surface area contributed by atoms with E-state index >= 15 is 0 Å². The summed E-state index contributed by atoms with van der Waals surface area (Å²) in [6.45, 7) is 3.77. The van der Waals surface area contributed by atoms with Gasteiger partial charge in [0.2, 0.25) is 0 Å². The third-order valence-electron chi connectivity index (χ3n) is 4.07. The van der Waals surface area contributed by atoms with Crippen molar-refractivity contribution in [1.29, 1.82) is 0 Å². The molecule has 0 aliphatic heterocycles. The van der Waals surface area contributed by atoms with E-state index in [1.807, 2.05) is 68.4 Å². The van der Waals surface area contributed by atoms with Crippen LogP contribution in [0.5, 0.6) is 0 Å². The van der Waals surface area contributed by atoms with E-state index in [0.717, 1.165) is 28.1 Å². The number of aryl methyl sites for hydroxylation is 1. The van der Waals surface area contributed by atoms with Crippen molar-refractivity contribution >= 4 is 23.5 Å². The van der Waals surface area contributed by atoms with Crippen LogP contribution in [0, 0.1) is 6.92 Å². The van der Waals surface area contributed by atoms with Gasteiger partial charge in [0.15, 0.2) is 5.76 Å². The average Bonchev–Trinajstić information content (AvgIpc) is 3.09. The van der Waals surface area contributed by atoms with Crippen LogP contribution in [0.25, 0.3) is 0 Å². The lowest BCUT2D eigenvalue weighted by molar-refractivity contribution is 0.109. The maximum absolute atomic E-state index is 6.03. The highest BCUT2D eigenvalue weighted by Crippen LogP contribution is 2.28. The summed E-state index contributed by atoms with van der Waals surface area (Å²) in [6.07, 6.45) is 1.34. The largest absolute Gasteiger partial charge is 0.369 e. The van der Waals surface area contributed by atoms with Crippen LogP contribution >= 0.6 is 11.6 Å². The maximum atomic E-state index is 6.03. The number of nitrogens with zero attached hydrogens (tertiary/aromatic N) is 3. The molecule has 27 heavy (non-hydrogen) atoms. The summed E-state index contributed by atoms with van der Waals surface area (Å²) in [5.41, 5.74) is 4.33. The Morgan fingerprint density at radius 2 is 2.00 bits per heavy atom. The van der Waals surface area contributed by atoms with Gasteiger partial charge in [-0.15, -0.1) is 0 Å². The molecule has 0 spiro atoms. The molecule has 3 aromatic rings. The molecule has 1 unspecified atom stereocenters. The molecular formula is C21H20ClN3O2. The fraction of sp³-hybridized carbons (Fsp3) is 0.190. The molecule has 3 rings (SSSR count). The summed E-state index contributed by atoms with van der Waals surface area (Å²) in [5.74, 6) is 0.648. The van der Waals surface area contributed by atoms with Gasteiger partial charge in [0, 0.05) is 23.8 Å². The molecule has 0 aliphatic rings. The summed E-state index contributed by atoms with van der Waals surface area (Å²) in [7, 11) is 1.64. The van der Waals surface area contributed by atoms with E-state index in [2.05, 4.69) is 15.4 Å². The fourth-order valence-corrected chi connectivity index (χ4v) is 2.91. The minimum atomic E-state index is -0.369. The Hall–Kier alpha value is -2.76. The Kier molecular flexibility index (Phi) is 6.16. The lowest BCUT2D eigenvalue weighted by atomic mass is 10.0. The SMILES string of the molecule is COC(c1cc(C)no1)c1ccccc1/C=N/N=C(\C)c1cccc(Cl)c1. The van der Waals surface area contributed by atoms with Crippen LogP contribution in [0.15, 0.2) is 69.3 Å². The Morgan fingerprint density at radius 1 is 1.19 bits per heavy atom. The number of hydrogen-bond acceptors (Lipinski definition) is 5. The van der Waals surface area contributed by atoms with Gasteiger partial charge in [-0.3, -0.25) is 0 Å². The minimum absolute atomic E-state index is 0.369. The molecule has 0 fully saturated rings. The zero-order chi connectivity index (χ0) is 19.2. The molecule has 2 aromatic carbocycles. The molecule has 0 bridgehead atoms. The second-order valence-electron chi connectivity index (χ2n) is 6.06. The van der Waals surface area contributed by atoms with Crippen LogP contribution in [-0.4, -0.2) is 24.2 Å². The molecule has 0 N–H and O–H groups in total. The number of hydrogen-bond donors (Lipinski definition) is 0. The highest BCUT2D eigenvalue weighted by Gasteiger charge is 2.20. The first-order valence-corrected chi connectivity index (χ1v) is 8.85. The van der Waals surface area contributed by atoms with Gasteiger partial charge in [-0.1, -0.05) is 53.2 Å². The van der Waals surface area contributed by atoms with E-state index in [9.17, 15) is 0 Å². The first-order chi connectivity index (χ1) is 13.1. The van der Waals surface area contributed by atoms with Gasteiger partial charge in [0.1, 0.15) is 6.10 Å². The molecule has 138 valence electrons. The first kappa shape index (κ1) is 19.0. The molecule has 0 radical (unpaired) electrons. The summed E-state index contributed by atoms with van der Waals surface area (Å²) in [6, 6.07) is 17.2. The maximum Gasteiger partial charge on any atom is 0.170 e. The van der Waals surface area contributed by atoms with Crippen molar-refractivity contribution in [2.45, 2.75) is 20.0 Å². The predicted molar refractivity (Wildman–Crippen MR) is 108 cm³/mol. The monoisotopic (exact) mass is 381 g/mol. The summed E-state index contributed by atoms with van der Waals surface area (Å²) < 4.78 is 11.0. The third kappa shape index (κ3) is 4.70. The zero-order valence-electron chi connectivity index (χ0n) is 15.4. The van der Waals surface area contributed by atoms with Crippen LogP contribution in [0.3, 0.4) is 0 Å². The van der Waals surface area contributed by atoms with Gasteiger partial charge in [-0.2, -0.15) is 10.2 Å². The van der Waals surface area contributed by atoms with Gasteiger partial charge in [-0.05, 0) is 37.1 Å². The molecular weight excluding hydrogens is 362 g/mol. The summed E-state index contributed by atoms with van der Waals surface area (Å²) in [5, 5.41) is 13.1. The molecule has 1 heterocycles. The minimum Gasteiger partial charge on any atom is -0.369 e. The highest BCUT2D eigenvalue weighted by atomic mass is 35.5. The fourth-order valence-electron chi connectivity index (χ4n) is 2.72. The molecule has 6 heteroatoms. The lowest BCUT2D eigenvalue weighted by Gasteiger charge is -2.14. The van der Waals surface area contributed by atoms with Gasteiger partial charge in [0.05, 0.1) is 17.6 Å². The number of methoxy groups -OCH3 is 1. The Bertz CT molecular complexity index is 979.